The van der Waals surface area contributed by atoms with E-state index in [1.54, 1.807) is 0 Å². The summed E-state index contributed by atoms with van der Waals surface area (Å²) in [6, 6.07) is 50.2. The highest BCUT2D eigenvalue weighted by Crippen LogP contribution is 2.58. The number of anilines is 3. The van der Waals surface area contributed by atoms with Crippen molar-refractivity contribution in [2.45, 2.75) is 64.7 Å². The van der Waals surface area contributed by atoms with Gasteiger partial charge in [-0.2, -0.15) is 0 Å². The van der Waals surface area contributed by atoms with Crippen molar-refractivity contribution >= 4 is 70.5 Å². The summed E-state index contributed by atoms with van der Waals surface area (Å²) >= 11 is 1.88. The summed E-state index contributed by atoms with van der Waals surface area (Å²) in [4.78, 5) is 2.54. The molecular weight excluding hydrogens is 687 g/mol. The Morgan fingerprint density at radius 3 is 2.04 bits per heavy atom. The van der Waals surface area contributed by atoms with Gasteiger partial charge in [-0.05, 0) is 110 Å². The van der Waals surface area contributed by atoms with Crippen LogP contribution in [0.25, 0.3) is 64.4 Å². The predicted molar refractivity (Wildman–Crippen MR) is 235 cm³/mol. The zero-order chi connectivity index (χ0) is 37.6. The largest absolute Gasteiger partial charge is 0.456 e. The van der Waals surface area contributed by atoms with Gasteiger partial charge < -0.3 is 9.32 Å². The van der Waals surface area contributed by atoms with Crippen LogP contribution in [0.3, 0.4) is 0 Å². The second-order valence-electron chi connectivity index (χ2n) is 17.8. The lowest BCUT2D eigenvalue weighted by molar-refractivity contribution is 0.590. The second-order valence-corrected chi connectivity index (χ2v) is 18.8. The standard InChI is InChI=1S/C52H43NOS/c1-50(2,3)30-19-25-43-39(27-30)47-44(54-43)26-24-38-37-15-12-17-42(48(37)52(6,7)49(38)47)53(32-21-23-36-35-14-9-11-18-45(35)55-46(36)29-32)31-20-22-34-33-13-8-10-16-40(33)51(4,5)41(34)28-31/h8-29H,1-7H3. The summed E-state index contributed by atoms with van der Waals surface area (Å²) < 4.78 is 9.22. The molecule has 7 aromatic carbocycles. The Morgan fingerprint density at radius 2 is 1.18 bits per heavy atom. The molecule has 2 heterocycles. The van der Waals surface area contributed by atoms with Crippen molar-refractivity contribution in [3.8, 4) is 22.3 Å². The highest BCUT2D eigenvalue weighted by Gasteiger charge is 2.42. The smallest absolute Gasteiger partial charge is 0.135 e. The molecule has 0 radical (unpaired) electrons. The first-order chi connectivity index (χ1) is 26.4. The van der Waals surface area contributed by atoms with Crippen LogP contribution in [0.4, 0.5) is 17.1 Å². The monoisotopic (exact) mass is 729 g/mol. The number of rotatable bonds is 3. The highest BCUT2D eigenvalue weighted by molar-refractivity contribution is 7.25. The van der Waals surface area contributed by atoms with Crippen LogP contribution < -0.4 is 4.90 Å². The fourth-order valence-electron chi connectivity index (χ4n) is 10.1. The first kappa shape index (κ1) is 32.8. The zero-order valence-corrected chi connectivity index (χ0v) is 33.3. The van der Waals surface area contributed by atoms with Crippen molar-refractivity contribution in [3.05, 3.63) is 161 Å². The molecule has 268 valence electrons. The minimum absolute atomic E-state index is 0.0310. The Labute approximate surface area is 326 Å². The van der Waals surface area contributed by atoms with E-state index < -0.39 is 0 Å². The first-order valence-electron chi connectivity index (χ1n) is 19.5. The van der Waals surface area contributed by atoms with Gasteiger partial charge in [0.2, 0.25) is 0 Å². The molecular formula is C52H43NOS. The van der Waals surface area contributed by atoms with Gasteiger partial charge in [0, 0.05) is 53.1 Å². The summed E-state index contributed by atoms with van der Waals surface area (Å²) in [5.41, 5.74) is 17.1. The Bertz CT molecular complexity index is 3090. The molecule has 0 aliphatic heterocycles. The molecule has 2 aromatic heterocycles. The predicted octanol–water partition coefficient (Wildman–Crippen LogP) is 15.3. The van der Waals surface area contributed by atoms with Gasteiger partial charge in [0.1, 0.15) is 11.2 Å². The van der Waals surface area contributed by atoms with Crippen LogP contribution in [0.15, 0.2) is 138 Å². The number of furan rings is 1. The highest BCUT2D eigenvalue weighted by atomic mass is 32.1. The molecule has 0 N–H and O–H groups in total. The molecule has 11 rings (SSSR count). The van der Waals surface area contributed by atoms with Crippen molar-refractivity contribution in [2.24, 2.45) is 0 Å². The van der Waals surface area contributed by atoms with Crippen LogP contribution in [-0.4, -0.2) is 0 Å². The molecule has 0 atom stereocenters. The van der Waals surface area contributed by atoms with E-state index in [4.69, 9.17) is 4.42 Å². The van der Waals surface area contributed by atoms with E-state index in [2.05, 4.69) is 187 Å². The molecule has 0 amide bonds. The quantitative estimate of drug-likeness (QED) is 0.180. The van der Waals surface area contributed by atoms with Gasteiger partial charge in [-0.3, -0.25) is 0 Å². The number of fused-ring (bicyclic) bond motifs is 13. The van der Waals surface area contributed by atoms with E-state index in [9.17, 15) is 0 Å². The van der Waals surface area contributed by atoms with Gasteiger partial charge in [0.05, 0.1) is 5.69 Å². The minimum Gasteiger partial charge on any atom is -0.456 e. The fraction of sp³-hybridized carbons (Fsp3) is 0.192. The third kappa shape index (κ3) is 4.48. The van der Waals surface area contributed by atoms with Crippen molar-refractivity contribution < 1.29 is 4.42 Å². The van der Waals surface area contributed by atoms with E-state index >= 15 is 0 Å². The molecule has 2 nitrogen and oxygen atoms in total. The van der Waals surface area contributed by atoms with Crippen LogP contribution in [0.1, 0.15) is 76.3 Å². The van der Waals surface area contributed by atoms with Gasteiger partial charge in [0.15, 0.2) is 0 Å². The van der Waals surface area contributed by atoms with Crippen molar-refractivity contribution in [1.82, 2.24) is 0 Å². The maximum Gasteiger partial charge on any atom is 0.135 e. The summed E-state index contributed by atoms with van der Waals surface area (Å²) in [5, 5.41) is 5.07. The zero-order valence-electron chi connectivity index (χ0n) is 32.5. The lowest BCUT2D eigenvalue weighted by atomic mass is 9.79. The molecule has 2 aliphatic carbocycles. The van der Waals surface area contributed by atoms with Gasteiger partial charge in [-0.1, -0.05) is 127 Å². The molecule has 0 spiro atoms. The number of benzene rings is 7. The molecule has 0 saturated carbocycles. The summed E-state index contributed by atoms with van der Waals surface area (Å²) in [7, 11) is 0. The summed E-state index contributed by atoms with van der Waals surface area (Å²) in [6.07, 6.45) is 0. The van der Waals surface area contributed by atoms with Gasteiger partial charge in [0.25, 0.3) is 0 Å². The van der Waals surface area contributed by atoms with Crippen LogP contribution in [-0.2, 0) is 16.2 Å². The molecule has 2 aliphatic rings. The number of thiophene rings is 1. The normalized spacial score (nSPS) is 15.1. The number of hydrogen-bond donors (Lipinski definition) is 0. The van der Waals surface area contributed by atoms with Gasteiger partial charge in [-0.25, -0.2) is 0 Å². The van der Waals surface area contributed by atoms with Crippen molar-refractivity contribution in [2.75, 3.05) is 4.90 Å². The van der Waals surface area contributed by atoms with Gasteiger partial charge in [-0.15, -0.1) is 11.3 Å². The maximum atomic E-state index is 6.60. The van der Waals surface area contributed by atoms with E-state index in [-0.39, 0.29) is 16.2 Å². The van der Waals surface area contributed by atoms with Crippen LogP contribution in [0, 0.1) is 0 Å². The molecule has 0 bridgehead atoms. The molecule has 3 heteroatoms. The Hall–Kier alpha value is -5.64. The van der Waals surface area contributed by atoms with E-state index in [0.717, 1.165) is 11.2 Å². The summed E-state index contributed by atoms with van der Waals surface area (Å²) in [5.74, 6) is 0. The number of nitrogens with zero attached hydrogens (tertiary/aromatic N) is 1. The first-order valence-corrected chi connectivity index (χ1v) is 20.3. The average Bonchev–Trinajstić information content (AvgIpc) is 3.86. The lowest BCUT2D eigenvalue weighted by Gasteiger charge is -2.33. The van der Waals surface area contributed by atoms with Gasteiger partial charge >= 0.3 is 0 Å². The second kappa shape index (κ2) is 11.0. The topological polar surface area (TPSA) is 16.4 Å². The third-order valence-electron chi connectivity index (χ3n) is 12.8. The lowest BCUT2D eigenvalue weighted by Crippen LogP contribution is -2.21. The van der Waals surface area contributed by atoms with E-state index in [1.807, 2.05) is 11.3 Å². The van der Waals surface area contributed by atoms with E-state index in [1.165, 1.54) is 98.1 Å². The molecule has 0 fully saturated rings. The molecule has 9 aromatic rings. The Morgan fingerprint density at radius 1 is 0.509 bits per heavy atom. The number of hydrogen-bond acceptors (Lipinski definition) is 3. The van der Waals surface area contributed by atoms with Crippen LogP contribution in [0.2, 0.25) is 0 Å². The molecule has 0 saturated heterocycles. The van der Waals surface area contributed by atoms with Crippen LogP contribution >= 0.6 is 11.3 Å². The fourth-order valence-corrected chi connectivity index (χ4v) is 11.2. The molecule has 0 unspecified atom stereocenters. The summed E-state index contributed by atoms with van der Waals surface area (Å²) in [6.45, 7) is 16.5. The van der Waals surface area contributed by atoms with Crippen molar-refractivity contribution in [3.63, 3.8) is 0 Å². The molecule has 55 heavy (non-hydrogen) atoms. The average molecular weight is 730 g/mol. The van der Waals surface area contributed by atoms with E-state index in [0.29, 0.717) is 0 Å². The third-order valence-corrected chi connectivity index (χ3v) is 13.9. The maximum absolute atomic E-state index is 6.60. The minimum atomic E-state index is -0.318. The Kier molecular flexibility index (Phi) is 6.54. The Balaban J connectivity index is 1.17. The van der Waals surface area contributed by atoms with Crippen molar-refractivity contribution in [1.29, 1.82) is 0 Å². The van der Waals surface area contributed by atoms with Crippen LogP contribution in [0.5, 0.6) is 0 Å². The SMILES string of the molecule is CC(C)(C)c1ccc2oc3ccc4c(c3c2c1)C(C)(C)c1c-4cccc1N(c1ccc2c(c1)C(C)(C)c1ccccc1-2)c1ccc2c(c1)sc1ccccc12.